The molecule has 0 fully saturated rings. The maximum Gasteiger partial charge on any atom is 0.306 e. The van der Waals surface area contributed by atoms with Crippen LogP contribution in [0, 0.1) is 0 Å². The fourth-order valence-electron chi connectivity index (χ4n) is 0.953. The monoisotopic (exact) mass is 292 g/mol. The van der Waals surface area contributed by atoms with Crippen LogP contribution in [0.15, 0.2) is 18.2 Å². The van der Waals surface area contributed by atoms with Crippen LogP contribution in [-0.4, -0.2) is 25.5 Å². The molecule has 0 heterocycles. The van der Waals surface area contributed by atoms with Gasteiger partial charge in [0.15, 0.2) is 0 Å². The molecule has 0 spiro atoms. The number of methoxy groups -OCH3 is 1. The van der Waals surface area contributed by atoms with Gasteiger partial charge in [0.25, 0.3) is 5.91 Å². The molecule has 100 valence electrons. The molecule has 1 rings (SSSR count). The number of benzene rings is 1. The lowest BCUT2D eigenvalue weighted by Gasteiger charge is -2.00. The van der Waals surface area contributed by atoms with Crippen molar-refractivity contribution < 1.29 is 14.3 Å². The smallest absolute Gasteiger partial charge is 0.306 e. The highest BCUT2D eigenvalue weighted by molar-refractivity contribution is 6.39. The number of nitrogens with two attached hydrogens (primary N) is 2. The number of rotatable bonds is 3. The van der Waals surface area contributed by atoms with Gasteiger partial charge in [0.05, 0.1) is 29.1 Å². The van der Waals surface area contributed by atoms with E-state index in [0.717, 1.165) is 0 Å². The molecule has 5 nitrogen and oxygen atoms in total. The van der Waals surface area contributed by atoms with Crippen LogP contribution in [0.2, 0.25) is 10.0 Å². The van der Waals surface area contributed by atoms with E-state index in [1.54, 1.807) is 18.2 Å². The predicted molar refractivity (Wildman–Crippen MR) is 70.7 cm³/mol. The molecule has 0 saturated heterocycles. The van der Waals surface area contributed by atoms with Gasteiger partial charge in [-0.15, -0.1) is 0 Å². The van der Waals surface area contributed by atoms with Gasteiger partial charge in [0.1, 0.15) is 0 Å². The third-order valence-corrected chi connectivity index (χ3v) is 2.42. The van der Waals surface area contributed by atoms with Crippen molar-refractivity contribution in [1.29, 1.82) is 0 Å². The van der Waals surface area contributed by atoms with Crippen molar-refractivity contribution in [2.75, 3.05) is 13.7 Å². The van der Waals surface area contributed by atoms with E-state index in [4.69, 9.17) is 34.7 Å². The summed E-state index contributed by atoms with van der Waals surface area (Å²) in [4.78, 5) is 20.8. The summed E-state index contributed by atoms with van der Waals surface area (Å²) in [5.74, 6) is -0.858. The highest BCUT2D eigenvalue weighted by Gasteiger charge is 2.09. The zero-order valence-corrected chi connectivity index (χ0v) is 11.3. The first-order valence-electron chi connectivity index (χ1n) is 4.94. The number of esters is 1. The van der Waals surface area contributed by atoms with E-state index in [0.29, 0.717) is 13.0 Å². The third-order valence-electron chi connectivity index (χ3n) is 1.79. The van der Waals surface area contributed by atoms with Crippen LogP contribution in [0.3, 0.4) is 0 Å². The SMILES string of the molecule is COC(=O)CCN.NC(=O)c1c(Cl)cccc1Cl. The first kappa shape index (κ1) is 16.7. The van der Waals surface area contributed by atoms with Crippen LogP contribution < -0.4 is 11.5 Å². The normalized spacial score (nSPS) is 9.11. The Labute approximate surface area is 115 Å². The van der Waals surface area contributed by atoms with E-state index < -0.39 is 5.91 Å². The van der Waals surface area contributed by atoms with Crippen molar-refractivity contribution in [2.24, 2.45) is 11.5 Å². The van der Waals surface area contributed by atoms with Crippen molar-refractivity contribution in [2.45, 2.75) is 6.42 Å². The van der Waals surface area contributed by atoms with Crippen LogP contribution in [0.4, 0.5) is 0 Å². The van der Waals surface area contributed by atoms with Crippen molar-refractivity contribution in [3.63, 3.8) is 0 Å². The summed E-state index contributed by atoms with van der Waals surface area (Å²) in [6.45, 7) is 0.368. The highest BCUT2D eigenvalue weighted by atomic mass is 35.5. The summed E-state index contributed by atoms with van der Waals surface area (Å²) in [7, 11) is 1.35. The van der Waals surface area contributed by atoms with Gasteiger partial charge in [-0.05, 0) is 12.1 Å². The Morgan fingerprint density at radius 1 is 1.28 bits per heavy atom. The largest absolute Gasteiger partial charge is 0.469 e. The van der Waals surface area contributed by atoms with Gasteiger partial charge in [-0.1, -0.05) is 29.3 Å². The van der Waals surface area contributed by atoms with Gasteiger partial charge in [-0.25, -0.2) is 0 Å². The quantitative estimate of drug-likeness (QED) is 0.827. The minimum atomic E-state index is -0.611. The Bertz CT molecular complexity index is 404. The number of halogens is 2. The zero-order valence-electron chi connectivity index (χ0n) is 9.78. The van der Waals surface area contributed by atoms with Crippen molar-refractivity contribution in [1.82, 2.24) is 0 Å². The molecule has 0 aromatic heterocycles. The van der Waals surface area contributed by atoms with Gasteiger partial charge in [0.2, 0.25) is 0 Å². The molecule has 0 aliphatic carbocycles. The number of ether oxygens (including phenoxy) is 1. The summed E-state index contributed by atoms with van der Waals surface area (Å²) >= 11 is 11.3. The zero-order chi connectivity index (χ0) is 14.1. The molecular formula is C11H14Cl2N2O3. The molecule has 0 atom stereocenters. The lowest BCUT2D eigenvalue weighted by atomic mass is 10.2. The number of carbonyl (C=O) groups is 2. The maximum absolute atomic E-state index is 10.7. The first-order chi connectivity index (χ1) is 8.43. The van der Waals surface area contributed by atoms with Gasteiger partial charge < -0.3 is 16.2 Å². The summed E-state index contributed by atoms with van der Waals surface area (Å²) < 4.78 is 4.27. The molecule has 4 N–H and O–H groups in total. The minimum Gasteiger partial charge on any atom is -0.469 e. The predicted octanol–water partition coefficient (Wildman–Crippen LogP) is 1.60. The molecule has 0 unspecified atom stereocenters. The molecule has 0 radical (unpaired) electrons. The van der Waals surface area contributed by atoms with E-state index in [1.807, 2.05) is 0 Å². The Kier molecular flexibility index (Phi) is 8.11. The van der Waals surface area contributed by atoms with E-state index in [1.165, 1.54) is 7.11 Å². The molecule has 0 aliphatic rings. The summed E-state index contributed by atoms with van der Waals surface area (Å²) in [6.07, 6.45) is 0.316. The van der Waals surface area contributed by atoms with E-state index in [2.05, 4.69) is 4.74 Å². The average Bonchev–Trinajstić information content (AvgIpc) is 2.29. The Morgan fingerprint density at radius 2 is 1.78 bits per heavy atom. The average molecular weight is 293 g/mol. The van der Waals surface area contributed by atoms with Crippen molar-refractivity contribution in [3.05, 3.63) is 33.8 Å². The highest BCUT2D eigenvalue weighted by Crippen LogP contribution is 2.23. The van der Waals surface area contributed by atoms with Gasteiger partial charge in [0, 0.05) is 6.54 Å². The van der Waals surface area contributed by atoms with Crippen LogP contribution in [0.25, 0.3) is 0 Å². The maximum atomic E-state index is 10.7. The fourth-order valence-corrected chi connectivity index (χ4v) is 1.54. The number of hydrogen-bond donors (Lipinski definition) is 2. The Balaban J connectivity index is 0.000000360. The second kappa shape index (κ2) is 8.74. The molecule has 1 amide bonds. The van der Waals surface area contributed by atoms with Gasteiger partial charge in [-0.3, -0.25) is 9.59 Å². The second-order valence-corrected chi connectivity index (χ2v) is 3.89. The number of carbonyl (C=O) groups excluding carboxylic acids is 2. The van der Waals surface area contributed by atoms with Crippen molar-refractivity contribution in [3.8, 4) is 0 Å². The van der Waals surface area contributed by atoms with Gasteiger partial charge >= 0.3 is 5.97 Å². The molecule has 1 aromatic rings. The summed E-state index contributed by atoms with van der Waals surface area (Å²) in [5.41, 5.74) is 10.2. The molecule has 0 saturated carbocycles. The summed E-state index contributed by atoms with van der Waals surface area (Å²) in [6, 6.07) is 4.78. The molecule has 0 aliphatic heterocycles. The standard InChI is InChI=1S/C7H5Cl2NO.C4H9NO2/c8-4-2-1-3-5(9)6(4)7(10)11;1-7-4(6)2-3-5/h1-3H,(H2,10,11);2-3,5H2,1H3. The van der Waals surface area contributed by atoms with E-state index >= 15 is 0 Å². The number of primary amides is 1. The molecule has 0 bridgehead atoms. The lowest BCUT2D eigenvalue weighted by molar-refractivity contribution is -0.140. The van der Waals surface area contributed by atoms with Crippen LogP contribution in [0.1, 0.15) is 16.8 Å². The molecule has 18 heavy (non-hydrogen) atoms. The lowest BCUT2D eigenvalue weighted by Crippen LogP contribution is -2.12. The van der Waals surface area contributed by atoms with Crippen LogP contribution in [-0.2, 0) is 9.53 Å². The van der Waals surface area contributed by atoms with Gasteiger partial charge in [-0.2, -0.15) is 0 Å². The number of amides is 1. The van der Waals surface area contributed by atoms with E-state index in [9.17, 15) is 9.59 Å². The summed E-state index contributed by atoms with van der Waals surface area (Å²) in [5, 5.41) is 0.565. The second-order valence-electron chi connectivity index (χ2n) is 3.08. The Morgan fingerprint density at radius 3 is 2.00 bits per heavy atom. The first-order valence-corrected chi connectivity index (χ1v) is 5.70. The Hall–Kier alpha value is -1.30. The molecule has 7 heteroatoms. The minimum absolute atomic E-state index is 0.177. The number of hydrogen-bond acceptors (Lipinski definition) is 4. The van der Waals surface area contributed by atoms with E-state index in [-0.39, 0.29) is 21.6 Å². The van der Waals surface area contributed by atoms with Crippen LogP contribution >= 0.6 is 23.2 Å². The topological polar surface area (TPSA) is 95.4 Å². The fraction of sp³-hybridized carbons (Fsp3) is 0.273. The van der Waals surface area contributed by atoms with Crippen LogP contribution in [0.5, 0.6) is 0 Å². The molecule has 1 aromatic carbocycles. The molecular weight excluding hydrogens is 279 g/mol. The third kappa shape index (κ3) is 5.86. The van der Waals surface area contributed by atoms with Crippen molar-refractivity contribution >= 4 is 35.1 Å².